The van der Waals surface area contributed by atoms with E-state index in [2.05, 4.69) is 15.4 Å². The summed E-state index contributed by atoms with van der Waals surface area (Å²) in [7, 11) is 0. The van der Waals surface area contributed by atoms with Crippen molar-refractivity contribution in [3.8, 4) is 0 Å². The van der Waals surface area contributed by atoms with Crippen molar-refractivity contribution in [3.63, 3.8) is 0 Å². The molecule has 0 aliphatic carbocycles. The van der Waals surface area contributed by atoms with Gasteiger partial charge in [-0.25, -0.2) is 0 Å². The minimum atomic E-state index is 0.511. The molecule has 1 aromatic heterocycles. The molecule has 3 rings (SSSR count). The van der Waals surface area contributed by atoms with Gasteiger partial charge >= 0.3 is 0 Å². The van der Waals surface area contributed by atoms with Crippen LogP contribution in [0.1, 0.15) is 17.0 Å². The standard InChI is InChI=1S/C12H11Cl2N5/c1-7-3-8(2)19(16-7)18-6-10-11(14)4-9(13)5-12(10)15-17-18/h3-5H,6H2,1-2H3. The first-order valence-corrected chi connectivity index (χ1v) is 6.51. The number of aromatic nitrogens is 2. The van der Waals surface area contributed by atoms with E-state index in [0.29, 0.717) is 22.3 Å². The third kappa shape index (κ3) is 2.19. The predicted molar refractivity (Wildman–Crippen MR) is 74.6 cm³/mol. The van der Waals surface area contributed by atoms with Crippen LogP contribution < -0.4 is 5.12 Å². The average molecular weight is 296 g/mol. The molecule has 0 atom stereocenters. The summed E-state index contributed by atoms with van der Waals surface area (Å²) < 4.78 is 0. The van der Waals surface area contributed by atoms with Crippen molar-refractivity contribution in [3.05, 3.63) is 45.2 Å². The van der Waals surface area contributed by atoms with Gasteiger partial charge in [-0.05, 0) is 37.3 Å². The van der Waals surface area contributed by atoms with Gasteiger partial charge in [0, 0.05) is 15.6 Å². The van der Waals surface area contributed by atoms with E-state index in [1.807, 2.05) is 19.9 Å². The lowest BCUT2D eigenvalue weighted by Crippen LogP contribution is -2.31. The molecule has 0 saturated carbocycles. The van der Waals surface area contributed by atoms with E-state index in [-0.39, 0.29) is 0 Å². The second-order valence-corrected chi connectivity index (χ2v) is 5.27. The fraction of sp³-hybridized carbons (Fsp3) is 0.250. The molecule has 0 radical (unpaired) electrons. The first kappa shape index (κ1) is 12.4. The number of hydrogen-bond donors (Lipinski definition) is 0. The Bertz CT molecular complexity index is 677. The zero-order valence-electron chi connectivity index (χ0n) is 10.4. The summed E-state index contributed by atoms with van der Waals surface area (Å²) in [4.78, 5) is 1.71. The Morgan fingerprint density at radius 3 is 2.63 bits per heavy atom. The van der Waals surface area contributed by atoms with E-state index in [0.717, 1.165) is 17.0 Å². The first-order chi connectivity index (χ1) is 9.04. The Morgan fingerprint density at radius 2 is 1.95 bits per heavy atom. The molecule has 98 valence electrons. The van der Waals surface area contributed by atoms with Crippen molar-refractivity contribution >= 4 is 28.9 Å². The maximum absolute atomic E-state index is 6.20. The molecule has 19 heavy (non-hydrogen) atoms. The summed E-state index contributed by atoms with van der Waals surface area (Å²) in [6.07, 6.45) is 0. The van der Waals surface area contributed by atoms with Gasteiger partial charge in [0.15, 0.2) is 0 Å². The third-order valence-corrected chi connectivity index (χ3v) is 3.45. The van der Waals surface area contributed by atoms with Crippen molar-refractivity contribution < 1.29 is 0 Å². The molecule has 0 bridgehead atoms. The van der Waals surface area contributed by atoms with Crippen LogP contribution in [0.25, 0.3) is 0 Å². The minimum Gasteiger partial charge on any atom is -0.161 e. The van der Waals surface area contributed by atoms with Gasteiger partial charge in [-0.2, -0.15) is 15.0 Å². The van der Waals surface area contributed by atoms with Crippen molar-refractivity contribution in [2.45, 2.75) is 20.4 Å². The van der Waals surface area contributed by atoms with Crippen LogP contribution in [0.2, 0.25) is 10.0 Å². The highest BCUT2D eigenvalue weighted by Gasteiger charge is 2.20. The Balaban J connectivity index is 2.01. The van der Waals surface area contributed by atoms with Crippen LogP contribution in [-0.4, -0.2) is 9.89 Å². The number of benzene rings is 1. The van der Waals surface area contributed by atoms with E-state index in [1.54, 1.807) is 22.0 Å². The van der Waals surface area contributed by atoms with Gasteiger partial charge in [0.1, 0.15) is 0 Å². The van der Waals surface area contributed by atoms with Gasteiger partial charge in [-0.3, -0.25) is 0 Å². The van der Waals surface area contributed by atoms with Gasteiger partial charge in [0.05, 0.1) is 23.6 Å². The van der Waals surface area contributed by atoms with E-state index in [1.165, 1.54) is 0 Å². The summed E-state index contributed by atoms with van der Waals surface area (Å²) in [6.45, 7) is 4.41. The molecular weight excluding hydrogens is 285 g/mol. The molecule has 0 spiro atoms. The van der Waals surface area contributed by atoms with Gasteiger partial charge < -0.3 is 0 Å². The van der Waals surface area contributed by atoms with Crippen LogP contribution in [0.15, 0.2) is 28.5 Å². The zero-order valence-corrected chi connectivity index (χ0v) is 11.9. The van der Waals surface area contributed by atoms with Crippen molar-refractivity contribution in [2.24, 2.45) is 10.3 Å². The molecule has 1 aliphatic heterocycles. The molecule has 0 unspecified atom stereocenters. The molecule has 0 N–H and O–H groups in total. The normalized spacial score (nSPS) is 13.8. The summed E-state index contributed by atoms with van der Waals surface area (Å²) in [5.74, 6) is 0. The molecule has 0 saturated heterocycles. The van der Waals surface area contributed by atoms with Crippen molar-refractivity contribution in [1.29, 1.82) is 0 Å². The van der Waals surface area contributed by atoms with Crippen LogP contribution in [0, 0.1) is 13.8 Å². The molecule has 0 amide bonds. The van der Waals surface area contributed by atoms with Gasteiger partial charge in [-0.15, -0.1) is 5.11 Å². The fourth-order valence-electron chi connectivity index (χ4n) is 2.06. The fourth-order valence-corrected chi connectivity index (χ4v) is 2.61. The molecule has 2 aromatic rings. The number of fused-ring (bicyclic) bond motifs is 1. The summed E-state index contributed by atoms with van der Waals surface area (Å²) >= 11 is 12.1. The summed E-state index contributed by atoms with van der Waals surface area (Å²) in [5, 5.41) is 15.5. The quantitative estimate of drug-likeness (QED) is 0.799. The largest absolute Gasteiger partial charge is 0.161 e. The molecular formula is C12H11Cl2N5. The monoisotopic (exact) mass is 295 g/mol. The van der Waals surface area contributed by atoms with Gasteiger partial charge in [0.2, 0.25) is 0 Å². The van der Waals surface area contributed by atoms with E-state index in [9.17, 15) is 0 Å². The topological polar surface area (TPSA) is 45.8 Å². The predicted octanol–water partition coefficient (Wildman–Crippen LogP) is 3.96. The van der Waals surface area contributed by atoms with E-state index >= 15 is 0 Å². The number of nitrogens with zero attached hydrogens (tertiary/aromatic N) is 5. The summed E-state index contributed by atoms with van der Waals surface area (Å²) in [6, 6.07) is 5.45. The number of rotatable bonds is 1. The lowest BCUT2D eigenvalue weighted by molar-refractivity contribution is 0.501. The maximum atomic E-state index is 6.20. The number of aryl methyl sites for hydroxylation is 2. The second kappa shape index (κ2) is 4.51. The lowest BCUT2D eigenvalue weighted by Gasteiger charge is -2.23. The highest BCUT2D eigenvalue weighted by molar-refractivity contribution is 6.35. The second-order valence-electron chi connectivity index (χ2n) is 4.42. The van der Waals surface area contributed by atoms with E-state index in [4.69, 9.17) is 23.2 Å². The maximum Gasteiger partial charge on any atom is 0.0956 e. The number of hydrogen-bond acceptors (Lipinski definition) is 4. The SMILES string of the molecule is Cc1cc(C)n(N2Cc3c(Cl)cc(Cl)cc3N=N2)n1. The van der Waals surface area contributed by atoms with Gasteiger partial charge in [-0.1, -0.05) is 23.2 Å². The van der Waals surface area contributed by atoms with E-state index < -0.39 is 0 Å². The third-order valence-electron chi connectivity index (χ3n) is 2.90. The molecule has 2 heterocycles. The van der Waals surface area contributed by atoms with Crippen molar-refractivity contribution in [2.75, 3.05) is 5.12 Å². The van der Waals surface area contributed by atoms with Crippen LogP contribution in [0.4, 0.5) is 5.69 Å². The Kier molecular flexibility index (Phi) is 2.95. The zero-order chi connectivity index (χ0) is 13.6. The average Bonchev–Trinajstić information content (AvgIpc) is 2.68. The molecule has 1 aliphatic rings. The van der Waals surface area contributed by atoms with Crippen LogP contribution in [0.5, 0.6) is 0 Å². The highest BCUT2D eigenvalue weighted by Crippen LogP contribution is 2.34. The molecule has 5 nitrogen and oxygen atoms in total. The summed E-state index contributed by atoms with van der Waals surface area (Å²) in [5.41, 5.74) is 3.52. The molecule has 0 fully saturated rings. The Hall–Kier alpha value is -1.59. The highest BCUT2D eigenvalue weighted by atomic mass is 35.5. The first-order valence-electron chi connectivity index (χ1n) is 5.75. The minimum absolute atomic E-state index is 0.511. The molecule has 1 aromatic carbocycles. The Labute approximate surface area is 120 Å². The number of halogens is 2. The smallest absolute Gasteiger partial charge is 0.0956 e. The lowest BCUT2D eigenvalue weighted by atomic mass is 10.2. The molecule has 7 heteroatoms. The van der Waals surface area contributed by atoms with Crippen LogP contribution in [-0.2, 0) is 6.54 Å². The van der Waals surface area contributed by atoms with Crippen molar-refractivity contribution in [1.82, 2.24) is 9.89 Å². The van der Waals surface area contributed by atoms with Gasteiger partial charge in [0.25, 0.3) is 0 Å². The Morgan fingerprint density at radius 1 is 1.16 bits per heavy atom. The van der Waals surface area contributed by atoms with Crippen LogP contribution in [0.3, 0.4) is 0 Å². The van der Waals surface area contributed by atoms with Crippen LogP contribution >= 0.6 is 23.2 Å².